The van der Waals surface area contributed by atoms with Gasteiger partial charge in [0.25, 0.3) is 10.0 Å². The number of nitrogens with zero attached hydrogens (tertiary/aromatic N) is 3. The molecule has 1 aromatic heterocycles. The minimum absolute atomic E-state index is 0.148. The van der Waals surface area contributed by atoms with Crippen LogP contribution >= 0.6 is 11.6 Å². The summed E-state index contributed by atoms with van der Waals surface area (Å²) in [7, 11) is -3.71. The summed E-state index contributed by atoms with van der Waals surface area (Å²) in [5.41, 5.74) is 1.65. The maximum Gasteiger partial charge on any atom is 0.262 e. The number of aromatic nitrogens is 2. The van der Waals surface area contributed by atoms with Crippen LogP contribution in [0.2, 0.25) is 5.02 Å². The molecule has 1 aliphatic rings. The van der Waals surface area contributed by atoms with Crippen LogP contribution in [0.4, 0.5) is 11.6 Å². The van der Waals surface area contributed by atoms with E-state index >= 15 is 0 Å². The molecule has 2 aromatic rings. The monoisotopic (exact) mass is 366 g/mol. The highest BCUT2D eigenvalue weighted by atomic mass is 35.5. The molecule has 3 rings (SSSR count). The van der Waals surface area contributed by atoms with Crippen LogP contribution in [0.5, 0.6) is 0 Å². The fourth-order valence-electron chi connectivity index (χ4n) is 2.71. The van der Waals surface area contributed by atoms with Gasteiger partial charge < -0.3 is 4.90 Å². The van der Waals surface area contributed by atoms with Gasteiger partial charge in [-0.1, -0.05) is 11.6 Å². The van der Waals surface area contributed by atoms with Crippen LogP contribution in [-0.4, -0.2) is 31.5 Å². The molecule has 0 unspecified atom stereocenters. The smallest absolute Gasteiger partial charge is 0.262 e. The van der Waals surface area contributed by atoms with E-state index in [1.54, 1.807) is 26.0 Å². The lowest BCUT2D eigenvalue weighted by atomic mass is 10.3. The van der Waals surface area contributed by atoms with E-state index in [1.165, 1.54) is 12.1 Å². The predicted octanol–water partition coefficient (Wildman–Crippen LogP) is 3.15. The van der Waals surface area contributed by atoms with Gasteiger partial charge in [0.1, 0.15) is 0 Å². The van der Waals surface area contributed by atoms with Gasteiger partial charge in [-0.15, -0.1) is 0 Å². The predicted molar refractivity (Wildman–Crippen MR) is 95.2 cm³/mol. The minimum Gasteiger partial charge on any atom is -0.341 e. The first-order valence-corrected chi connectivity index (χ1v) is 9.61. The number of hydrogen-bond acceptors (Lipinski definition) is 5. The Morgan fingerprint density at radius 1 is 1.04 bits per heavy atom. The lowest BCUT2D eigenvalue weighted by Gasteiger charge is -2.19. The molecule has 0 atom stereocenters. The molecular formula is C16H19ClN4O2S. The number of halogens is 1. The highest BCUT2D eigenvalue weighted by Crippen LogP contribution is 2.25. The third-order valence-electron chi connectivity index (χ3n) is 4.01. The molecule has 0 aliphatic carbocycles. The van der Waals surface area contributed by atoms with E-state index in [1.807, 2.05) is 0 Å². The molecule has 1 fully saturated rings. The fourth-order valence-corrected chi connectivity index (χ4v) is 4.01. The van der Waals surface area contributed by atoms with Gasteiger partial charge in [0.05, 0.1) is 22.0 Å². The summed E-state index contributed by atoms with van der Waals surface area (Å²) < 4.78 is 27.7. The number of aryl methyl sites for hydroxylation is 2. The Balaban J connectivity index is 1.90. The molecule has 0 saturated carbocycles. The van der Waals surface area contributed by atoms with Gasteiger partial charge in [0.2, 0.25) is 5.95 Å². The average Bonchev–Trinajstić information content (AvgIpc) is 3.05. The van der Waals surface area contributed by atoms with Gasteiger partial charge >= 0.3 is 0 Å². The summed E-state index contributed by atoms with van der Waals surface area (Å²) in [6.07, 6.45) is 2.26. The lowest BCUT2D eigenvalue weighted by Crippen LogP contribution is -2.22. The second kappa shape index (κ2) is 6.57. The third-order valence-corrected chi connectivity index (χ3v) is 5.63. The van der Waals surface area contributed by atoms with Crippen molar-refractivity contribution in [2.75, 3.05) is 22.7 Å². The van der Waals surface area contributed by atoms with Gasteiger partial charge in [0, 0.05) is 18.1 Å². The second-order valence-corrected chi connectivity index (χ2v) is 7.94. The zero-order valence-corrected chi connectivity index (χ0v) is 15.2. The summed E-state index contributed by atoms with van der Waals surface area (Å²) in [5, 5.41) is 0.486. The summed E-state index contributed by atoms with van der Waals surface area (Å²) in [5.74, 6) is 0.664. The van der Waals surface area contributed by atoms with Crippen LogP contribution in [0.25, 0.3) is 0 Å². The van der Waals surface area contributed by atoms with E-state index in [0.29, 0.717) is 28.0 Å². The average molecular weight is 367 g/mol. The number of rotatable bonds is 4. The number of nitrogens with one attached hydrogen (secondary N) is 1. The molecule has 0 bridgehead atoms. The van der Waals surface area contributed by atoms with Crippen molar-refractivity contribution >= 4 is 33.3 Å². The minimum atomic E-state index is -3.71. The number of benzene rings is 1. The first kappa shape index (κ1) is 17.0. The van der Waals surface area contributed by atoms with Crippen molar-refractivity contribution in [2.24, 2.45) is 0 Å². The van der Waals surface area contributed by atoms with Crippen molar-refractivity contribution in [3.05, 3.63) is 40.7 Å². The van der Waals surface area contributed by atoms with E-state index < -0.39 is 10.0 Å². The van der Waals surface area contributed by atoms with E-state index in [4.69, 9.17) is 11.6 Å². The van der Waals surface area contributed by atoms with E-state index in [2.05, 4.69) is 19.6 Å². The zero-order valence-electron chi connectivity index (χ0n) is 13.6. The summed E-state index contributed by atoms with van der Waals surface area (Å²) >= 11 is 5.81. The quantitative estimate of drug-likeness (QED) is 0.899. The van der Waals surface area contributed by atoms with Gasteiger partial charge in [-0.2, -0.15) is 0 Å². The molecule has 8 heteroatoms. The highest BCUT2D eigenvalue weighted by molar-refractivity contribution is 7.92. The number of anilines is 2. The summed E-state index contributed by atoms with van der Waals surface area (Å²) in [4.78, 5) is 11.2. The van der Waals surface area contributed by atoms with E-state index in [0.717, 1.165) is 25.9 Å². The van der Waals surface area contributed by atoms with Crippen molar-refractivity contribution in [1.82, 2.24) is 9.97 Å². The van der Waals surface area contributed by atoms with Gasteiger partial charge in [-0.3, -0.25) is 4.72 Å². The van der Waals surface area contributed by atoms with E-state index in [9.17, 15) is 8.42 Å². The summed E-state index contributed by atoms with van der Waals surface area (Å²) in [6.45, 7) is 5.45. The van der Waals surface area contributed by atoms with Crippen molar-refractivity contribution in [3.8, 4) is 0 Å². The Hall–Kier alpha value is -1.86. The van der Waals surface area contributed by atoms with Crippen LogP contribution in [0.15, 0.2) is 29.2 Å². The molecule has 0 radical (unpaired) electrons. The Morgan fingerprint density at radius 2 is 1.58 bits per heavy atom. The fraction of sp³-hybridized carbons (Fsp3) is 0.375. The first-order valence-electron chi connectivity index (χ1n) is 7.75. The first-order chi connectivity index (χ1) is 11.4. The highest BCUT2D eigenvalue weighted by Gasteiger charge is 2.21. The van der Waals surface area contributed by atoms with Gasteiger partial charge in [-0.05, 0) is 51.0 Å². The third kappa shape index (κ3) is 3.47. The van der Waals surface area contributed by atoms with Crippen molar-refractivity contribution in [1.29, 1.82) is 0 Å². The normalized spacial score (nSPS) is 14.9. The molecule has 6 nitrogen and oxygen atoms in total. The molecule has 1 saturated heterocycles. The van der Waals surface area contributed by atoms with Crippen LogP contribution in [0.1, 0.15) is 24.2 Å². The molecule has 1 aliphatic heterocycles. The Kier molecular flexibility index (Phi) is 4.64. The Morgan fingerprint density at radius 3 is 2.12 bits per heavy atom. The Bertz CT molecular complexity index is 824. The van der Waals surface area contributed by atoms with Crippen molar-refractivity contribution in [2.45, 2.75) is 31.6 Å². The maximum atomic E-state index is 12.5. The largest absolute Gasteiger partial charge is 0.341 e. The van der Waals surface area contributed by atoms with Crippen molar-refractivity contribution < 1.29 is 8.42 Å². The lowest BCUT2D eigenvalue weighted by molar-refractivity contribution is 0.601. The topological polar surface area (TPSA) is 75.2 Å². The number of hydrogen-bond donors (Lipinski definition) is 1. The molecule has 0 spiro atoms. The molecule has 128 valence electrons. The van der Waals surface area contributed by atoms with Crippen LogP contribution < -0.4 is 9.62 Å². The SMILES string of the molecule is Cc1nc(N2CCCC2)nc(C)c1NS(=O)(=O)c1ccc(Cl)cc1. The van der Waals surface area contributed by atoms with Crippen LogP contribution in [-0.2, 0) is 10.0 Å². The zero-order chi connectivity index (χ0) is 17.3. The van der Waals surface area contributed by atoms with Crippen molar-refractivity contribution in [3.63, 3.8) is 0 Å². The molecule has 24 heavy (non-hydrogen) atoms. The molecule has 1 aromatic carbocycles. The molecule has 2 heterocycles. The molecule has 1 N–H and O–H groups in total. The second-order valence-electron chi connectivity index (χ2n) is 5.82. The Labute approximate surface area is 146 Å². The molecule has 0 amide bonds. The molecular weight excluding hydrogens is 348 g/mol. The van der Waals surface area contributed by atoms with Crippen LogP contribution in [0, 0.1) is 13.8 Å². The van der Waals surface area contributed by atoms with E-state index in [-0.39, 0.29) is 4.90 Å². The standard InChI is InChI=1S/C16H19ClN4O2S/c1-11-15(12(2)19-16(18-11)21-9-3-4-10-21)20-24(22,23)14-7-5-13(17)6-8-14/h5-8,20H,3-4,9-10H2,1-2H3. The summed E-state index contributed by atoms with van der Waals surface area (Å²) in [6, 6.07) is 6.02. The maximum absolute atomic E-state index is 12.5. The van der Waals surface area contributed by atoms with Gasteiger partial charge in [-0.25, -0.2) is 18.4 Å². The van der Waals surface area contributed by atoms with Crippen LogP contribution in [0.3, 0.4) is 0 Å². The number of sulfonamides is 1. The van der Waals surface area contributed by atoms with Gasteiger partial charge in [0.15, 0.2) is 0 Å².